The summed E-state index contributed by atoms with van der Waals surface area (Å²) in [4.78, 5) is 29.5. The summed E-state index contributed by atoms with van der Waals surface area (Å²) in [5.74, 6) is 1.09. The van der Waals surface area contributed by atoms with Gasteiger partial charge in [-0.3, -0.25) is 14.9 Å². The number of amides is 1. The van der Waals surface area contributed by atoms with Gasteiger partial charge in [-0.2, -0.15) is 0 Å². The van der Waals surface area contributed by atoms with Gasteiger partial charge in [-0.25, -0.2) is 4.98 Å². The fraction of sp³-hybridized carbons (Fsp3) is 0.333. The lowest BCUT2D eigenvalue weighted by molar-refractivity contribution is -0.384. The average Bonchev–Trinajstić information content (AvgIpc) is 2.67. The van der Waals surface area contributed by atoms with Gasteiger partial charge in [0.25, 0.3) is 5.69 Å². The number of carbonyl (C=O) groups excluding carboxylic acids is 1. The summed E-state index contributed by atoms with van der Waals surface area (Å²) in [5, 5.41) is 13.5. The summed E-state index contributed by atoms with van der Waals surface area (Å²) in [6.45, 7) is 6.40. The number of thioether (sulfide) groups is 1. The molecule has 8 heteroatoms. The van der Waals surface area contributed by atoms with E-state index in [1.54, 1.807) is 18.3 Å². The number of anilines is 1. The van der Waals surface area contributed by atoms with Crippen LogP contribution >= 0.6 is 11.8 Å². The zero-order valence-electron chi connectivity index (χ0n) is 14.8. The molecule has 2 rings (SSSR count). The van der Waals surface area contributed by atoms with Crippen LogP contribution in [0.1, 0.15) is 19.4 Å². The summed E-state index contributed by atoms with van der Waals surface area (Å²) in [6, 6.07) is 10.1. The van der Waals surface area contributed by atoms with Gasteiger partial charge in [0.2, 0.25) is 5.91 Å². The minimum atomic E-state index is -0.444. The quantitative estimate of drug-likeness (QED) is 0.412. The summed E-state index contributed by atoms with van der Waals surface area (Å²) in [5.41, 5.74) is 0.981. The number of nitro groups is 1. The fourth-order valence-corrected chi connectivity index (χ4v) is 3.05. The smallest absolute Gasteiger partial charge is 0.269 e. The van der Waals surface area contributed by atoms with Crippen molar-refractivity contribution in [2.45, 2.75) is 25.3 Å². The Kier molecular flexibility index (Phi) is 7.40. The monoisotopic (exact) mass is 374 g/mol. The van der Waals surface area contributed by atoms with E-state index >= 15 is 0 Å². The highest BCUT2D eigenvalue weighted by Crippen LogP contribution is 2.21. The molecule has 1 heterocycles. The number of nitrogens with zero attached hydrogens (tertiary/aromatic N) is 3. The number of nitrogens with one attached hydrogen (secondary N) is 1. The number of hydrogen-bond donors (Lipinski definition) is 1. The average molecular weight is 374 g/mol. The molecule has 1 N–H and O–H groups in total. The SMILES string of the molecule is CCN(CC)c1ccc(CNC(=O)CSc2ccc([N+](=O)[O-])cc2)cn1. The zero-order valence-corrected chi connectivity index (χ0v) is 15.7. The van der Waals surface area contributed by atoms with Gasteiger partial charge in [-0.05, 0) is 37.6 Å². The first kappa shape index (κ1) is 19.7. The molecule has 1 aromatic carbocycles. The van der Waals surface area contributed by atoms with Crippen LogP contribution in [0.2, 0.25) is 0 Å². The standard InChI is InChI=1S/C18H22N4O3S/c1-3-21(4-2)17-10-5-14(11-19-17)12-20-18(23)13-26-16-8-6-15(7-9-16)22(24)25/h5-11H,3-4,12-13H2,1-2H3,(H,20,23). The topological polar surface area (TPSA) is 88.4 Å². The molecule has 0 aliphatic heterocycles. The van der Waals surface area contributed by atoms with Crippen molar-refractivity contribution in [3.63, 3.8) is 0 Å². The van der Waals surface area contributed by atoms with Gasteiger partial charge in [0.15, 0.2) is 0 Å². The number of nitro benzene ring substituents is 1. The molecule has 0 saturated heterocycles. The van der Waals surface area contributed by atoms with E-state index in [1.807, 2.05) is 12.1 Å². The summed E-state index contributed by atoms with van der Waals surface area (Å²) in [6.07, 6.45) is 1.78. The predicted molar refractivity (Wildman–Crippen MR) is 103 cm³/mol. The molecule has 7 nitrogen and oxygen atoms in total. The van der Waals surface area contributed by atoms with Crippen LogP contribution < -0.4 is 10.2 Å². The third-order valence-corrected chi connectivity index (χ3v) is 4.82. The Morgan fingerprint density at radius 3 is 2.42 bits per heavy atom. The number of carbonyl (C=O) groups is 1. The Morgan fingerprint density at radius 2 is 1.88 bits per heavy atom. The molecule has 1 amide bonds. The Morgan fingerprint density at radius 1 is 1.19 bits per heavy atom. The van der Waals surface area contributed by atoms with Gasteiger partial charge in [0, 0.05) is 42.9 Å². The van der Waals surface area contributed by atoms with Crippen LogP contribution in [-0.2, 0) is 11.3 Å². The normalized spacial score (nSPS) is 10.4. The lowest BCUT2D eigenvalue weighted by Gasteiger charge is -2.19. The lowest BCUT2D eigenvalue weighted by atomic mass is 10.2. The van der Waals surface area contributed by atoms with Gasteiger partial charge in [-0.15, -0.1) is 11.8 Å². The molecule has 138 valence electrons. The molecule has 0 bridgehead atoms. The summed E-state index contributed by atoms with van der Waals surface area (Å²) >= 11 is 1.34. The number of rotatable bonds is 9. The Bertz CT molecular complexity index is 731. The van der Waals surface area contributed by atoms with E-state index in [2.05, 4.69) is 29.0 Å². The lowest BCUT2D eigenvalue weighted by Crippen LogP contribution is -2.25. The molecule has 0 unspecified atom stereocenters. The van der Waals surface area contributed by atoms with Gasteiger partial charge in [0.05, 0.1) is 10.7 Å². The van der Waals surface area contributed by atoms with Crippen molar-refractivity contribution in [1.29, 1.82) is 0 Å². The van der Waals surface area contributed by atoms with Crippen molar-refractivity contribution >= 4 is 29.2 Å². The van der Waals surface area contributed by atoms with Gasteiger partial charge < -0.3 is 10.2 Å². The molecular weight excluding hydrogens is 352 g/mol. The van der Waals surface area contributed by atoms with Crippen LogP contribution in [0, 0.1) is 10.1 Å². The van der Waals surface area contributed by atoms with Crippen LogP contribution in [0.3, 0.4) is 0 Å². The maximum absolute atomic E-state index is 12.0. The molecule has 0 atom stereocenters. The first-order valence-corrected chi connectivity index (χ1v) is 9.35. The van der Waals surface area contributed by atoms with Crippen LogP contribution in [-0.4, -0.2) is 34.7 Å². The summed E-state index contributed by atoms with van der Waals surface area (Å²) in [7, 11) is 0. The molecule has 0 saturated carbocycles. The van der Waals surface area contributed by atoms with Crippen molar-refractivity contribution in [2.75, 3.05) is 23.7 Å². The second kappa shape index (κ2) is 9.76. The van der Waals surface area contributed by atoms with Crippen LogP contribution in [0.15, 0.2) is 47.5 Å². The molecule has 0 fully saturated rings. The van der Waals surface area contributed by atoms with Gasteiger partial charge in [-0.1, -0.05) is 6.07 Å². The maximum atomic E-state index is 12.0. The predicted octanol–water partition coefficient (Wildman–Crippen LogP) is 3.24. The van der Waals surface area contributed by atoms with Crippen molar-refractivity contribution in [1.82, 2.24) is 10.3 Å². The highest BCUT2D eigenvalue weighted by molar-refractivity contribution is 8.00. The second-order valence-corrected chi connectivity index (χ2v) is 6.56. The first-order chi connectivity index (χ1) is 12.5. The van der Waals surface area contributed by atoms with E-state index in [0.717, 1.165) is 29.4 Å². The van der Waals surface area contributed by atoms with E-state index in [4.69, 9.17) is 0 Å². The Labute approximate surface area is 157 Å². The Hall–Kier alpha value is -2.61. The third-order valence-electron chi connectivity index (χ3n) is 3.80. The van der Waals surface area contributed by atoms with Crippen molar-refractivity contribution in [2.24, 2.45) is 0 Å². The molecule has 0 radical (unpaired) electrons. The van der Waals surface area contributed by atoms with Crippen molar-refractivity contribution in [3.8, 4) is 0 Å². The third kappa shape index (κ3) is 5.73. The van der Waals surface area contributed by atoms with E-state index in [-0.39, 0.29) is 17.3 Å². The molecule has 2 aromatic rings. The minimum absolute atomic E-state index is 0.0412. The molecule has 0 spiro atoms. The molecule has 1 aromatic heterocycles. The number of benzene rings is 1. The maximum Gasteiger partial charge on any atom is 0.269 e. The van der Waals surface area contributed by atoms with E-state index < -0.39 is 4.92 Å². The number of hydrogen-bond acceptors (Lipinski definition) is 6. The number of aromatic nitrogens is 1. The largest absolute Gasteiger partial charge is 0.357 e. The van der Waals surface area contributed by atoms with Gasteiger partial charge in [0.1, 0.15) is 5.82 Å². The zero-order chi connectivity index (χ0) is 18.9. The van der Waals surface area contributed by atoms with Crippen molar-refractivity contribution in [3.05, 3.63) is 58.3 Å². The van der Waals surface area contributed by atoms with E-state index in [1.165, 1.54) is 23.9 Å². The second-order valence-electron chi connectivity index (χ2n) is 5.51. The minimum Gasteiger partial charge on any atom is -0.357 e. The van der Waals surface area contributed by atoms with Crippen LogP contribution in [0.5, 0.6) is 0 Å². The fourth-order valence-electron chi connectivity index (χ4n) is 2.32. The molecule has 0 aliphatic rings. The van der Waals surface area contributed by atoms with Crippen LogP contribution in [0.4, 0.5) is 11.5 Å². The highest BCUT2D eigenvalue weighted by Gasteiger charge is 2.07. The van der Waals surface area contributed by atoms with Crippen LogP contribution in [0.25, 0.3) is 0 Å². The van der Waals surface area contributed by atoms with E-state index in [0.29, 0.717) is 6.54 Å². The van der Waals surface area contributed by atoms with Crippen molar-refractivity contribution < 1.29 is 9.72 Å². The highest BCUT2D eigenvalue weighted by atomic mass is 32.2. The molecular formula is C18H22N4O3S. The van der Waals surface area contributed by atoms with Gasteiger partial charge >= 0.3 is 0 Å². The Balaban J connectivity index is 1.78. The first-order valence-electron chi connectivity index (χ1n) is 8.37. The number of pyridine rings is 1. The van der Waals surface area contributed by atoms with E-state index in [9.17, 15) is 14.9 Å². The molecule has 0 aliphatic carbocycles. The summed E-state index contributed by atoms with van der Waals surface area (Å²) < 4.78 is 0. The molecule has 26 heavy (non-hydrogen) atoms. The number of non-ortho nitro benzene ring substituents is 1.